The number of anilines is 1. The van der Waals surface area contributed by atoms with Gasteiger partial charge in [-0.15, -0.1) is 24.0 Å². The van der Waals surface area contributed by atoms with Gasteiger partial charge in [0.15, 0.2) is 5.96 Å². The highest BCUT2D eigenvalue weighted by Crippen LogP contribution is 2.29. The van der Waals surface area contributed by atoms with Crippen LogP contribution in [0.1, 0.15) is 32.3 Å². The monoisotopic (exact) mass is 475 g/mol. The Bertz CT molecular complexity index is 587. The zero-order valence-corrected chi connectivity index (χ0v) is 18.6. The molecule has 0 saturated carbocycles. The minimum atomic E-state index is 0. The van der Waals surface area contributed by atoms with Gasteiger partial charge in [-0.3, -0.25) is 4.99 Å². The van der Waals surface area contributed by atoms with Crippen LogP contribution >= 0.6 is 35.7 Å². The summed E-state index contributed by atoms with van der Waals surface area (Å²) >= 11 is 2.04. The molecule has 1 aromatic rings. The fourth-order valence-corrected chi connectivity index (χ4v) is 4.51. The average Bonchev–Trinajstić information content (AvgIpc) is 3.09. The molecule has 25 heavy (non-hydrogen) atoms. The van der Waals surface area contributed by atoms with Gasteiger partial charge in [-0.25, -0.2) is 4.98 Å². The molecular weight excluding hydrogens is 445 g/mol. The van der Waals surface area contributed by atoms with E-state index in [4.69, 9.17) is 0 Å². The van der Waals surface area contributed by atoms with Crippen molar-refractivity contribution in [1.82, 2.24) is 15.2 Å². The lowest BCUT2D eigenvalue weighted by molar-refractivity contribution is 0.375. The van der Waals surface area contributed by atoms with Crippen LogP contribution in [0, 0.1) is 0 Å². The Morgan fingerprint density at radius 2 is 2.08 bits per heavy atom. The van der Waals surface area contributed by atoms with Crippen LogP contribution < -0.4 is 10.2 Å². The third kappa shape index (κ3) is 5.64. The van der Waals surface area contributed by atoms with Crippen molar-refractivity contribution in [2.75, 3.05) is 43.9 Å². The molecule has 0 amide bonds. The first-order chi connectivity index (χ1) is 11.6. The molecule has 1 N–H and O–H groups in total. The number of aromatic nitrogens is 1. The quantitative estimate of drug-likeness (QED) is 0.413. The van der Waals surface area contributed by atoms with E-state index in [-0.39, 0.29) is 28.7 Å². The van der Waals surface area contributed by atoms with E-state index in [1.165, 1.54) is 18.4 Å². The van der Waals surface area contributed by atoms with Gasteiger partial charge >= 0.3 is 0 Å². The highest BCUT2D eigenvalue weighted by molar-refractivity contribution is 14.0. The topological polar surface area (TPSA) is 43.8 Å². The Labute approximate surface area is 173 Å². The van der Waals surface area contributed by atoms with Crippen LogP contribution in [-0.2, 0) is 6.54 Å². The summed E-state index contributed by atoms with van der Waals surface area (Å²) in [4.78, 5) is 13.8. The molecule has 0 bridgehead atoms. The summed E-state index contributed by atoms with van der Waals surface area (Å²) in [6.07, 6.45) is 4.48. The fourth-order valence-electron chi connectivity index (χ4n) is 3.40. The van der Waals surface area contributed by atoms with Gasteiger partial charge in [-0.05, 0) is 44.4 Å². The van der Waals surface area contributed by atoms with Gasteiger partial charge in [0.1, 0.15) is 5.82 Å². The van der Waals surface area contributed by atoms with E-state index < -0.39 is 0 Å². The van der Waals surface area contributed by atoms with Gasteiger partial charge in [0, 0.05) is 56.5 Å². The zero-order chi connectivity index (χ0) is 17.0. The molecular formula is C18H30IN5S. The molecule has 2 aliphatic heterocycles. The molecule has 3 rings (SSSR count). The number of guanidine groups is 1. The Kier molecular flexibility index (Phi) is 7.67. The largest absolute Gasteiger partial charge is 0.357 e. The smallest absolute Gasteiger partial charge is 0.193 e. The second-order valence-electron chi connectivity index (χ2n) is 7.15. The van der Waals surface area contributed by atoms with Gasteiger partial charge in [-0.2, -0.15) is 11.8 Å². The number of hydrogen-bond donors (Lipinski definition) is 1. The second-order valence-corrected chi connectivity index (χ2v) is 8.95. The van der Waals surface area contributed by atoms with E-state index in [0.717, 1.165) is 50.3 Å². The number of thioether (sulfide) groups is 1. The van der Waals surface area contributed by atoms with Crippen molar-refractivity contribution < 1.29 is 0 Å². The number of nitrogens with one attached hydrogen (secondary N) is 1. The molecule has 0 aromatic carbocycles. The van der Waals surface area contributed by atoms with E-state index in [1.54, 1.807) is 0 Å². The fraction of sp³-hybridized carbons (Fsp3) is 0.667. The Morgan fingerprint density at radius 3 is 2.76 bits per heavy atom. The predicted octanol–water partition coefficient (Wildman–Crippen LogP) is 3.20. The molecule has 7 heteroatoms. The summed E-state index contributed by atoms with van der Waals surface area (Å²) < 4.78 is 0.287. The lowest BCUT2D eigenvalue weighted by atomic mass is 10.2. The molecule has 5 nitrogen and oxygen atoms in total. The van der Waals surface area contributed by atoms with Crippen LogP contribution in [-0.4, -0.2) is 59.6 Å². The predicted molar refractivity (Wildman–Crippen MR) is 119 cm³/mol. The van der Waals surface area contributed by atoms with Crippen LogP contribution in [0.5, 0.6) is 0 Å². The van der Waals surface area contributed by atoms with Crippen LogP contribution in [0.2, 0.25) is 0 Å². The molecule has 2 saturated heterocycles. The number of rotatable bonds is 3. The third-order valence-corrected chi connectivity index (χ3v) is 5.92. The molecule has 3 heterocycles. The summed E-state index contributed by atoms with van der Waals surface area (Å²) in [6.45, 7) is 9.76. The van der Waals surface area contributed by atoms with Crippen molar-refractivity contribution >= 4 is 47.5 Å². The van der Waals surface area contributed by atoms with Crippen molar-refractivity contribution in [2.24, 2.45) is 4.99 Å². The van der Waals surface area contributed by atoms with E-state index in [1.807, 2.05) is 25.0 Å². The van der Waals surface area contributed by atoms with Gasteiger partial charge in [0.25, 0.3) is 0 Å². The standard InChI is InChI=1S/C18H29N5S.HI/c1-18(2)14-23(10-11-24-18)17(19-3)21-13-15-6-7-20-16(12-15)22-8-4-5-9-22;/h6-7,12H,4-5,8-11,13-14H2,1-3H3,(H,19,21);1H. The van der Waals surface area contributed by atoms with Crippen LogP contribution in [0.4, 0.5) is 5.82 Å². The lowest BCUT2D eigenvalue weighted by Gasteiger charge is -2.39. The van der Waals surface area contributed by atoms with E-state index in [0.29, 0.717) is 0 Å². The molecule has 0 atom stereocenters. The maximum absolute atomic E-state index is 4.53. The van der Waals surface area contributed by atoms with Crippen LogP contribution in [0.3, 0.4) is 0 Å². The van der Waals surface area contributed by atoms with Gasteiger partial charge in [0.2, 0.25) is 0 Å². The Morgan fingerprint density at radius 1 is 1.32 bits per heavy atom. The summed E-state index contributed by atoms with van der Waals surface area (Å²) in [5.74, 6) is 3.27. The summed E-state index contributed by atoms with van der Waals surface area (Å²) in [7, 11) is 1.87. The molecule has 0 radical (unpaired) electrons. The highest BCUT2D eigenvalue weighted by atomic mass is 127. The maximum atomic E-state index is 4.53. The maximum Gasteiger partial charge on any atom is 0.193 e. The zero-order valence-electron chi connectivity index (χ0n) is 15.5. The van der Waals surface area contributed by atoms with Gasteiger partial charge < -0.3 is 15.1 Å². The Hall–Kier alpha value is -0.700. The minimum Gasteiger partial charge on any atom is -0.357 e. The molecule has 0 aliphatic carbocycles. The van der Waals surface area contributed by atoms with Crippen molar-refractivity contribution in [2.45, 2.75) is 38.0 Å². The lowest BCUT2D eigenvalue weighted by Crippen LogP contribution is -2.50. The second kappa shape index (κ2) is 9.30. The number of nitrogens with zero attached hydrogens (tertiary/aromatic N) is 4. The molecule has 0 spiro atoms. The first-order valence-electron chi connectivity index (χ1n) is 8.87. The number of pyridine rings is 1. The molecule has 2 fully saturated rings. The summed E-state index contributed by atoms with van der Waals surface area (Å²) in [5.41, 5.74) is 1.26. The number of halogens is 1. The molecule has 1 aromatic heterocycles. The normalized spacial score (nSPS) is 20.4. The van der Waals surface area contributed by atoms with Crippen molar-refractivity contribution in [3.8, 4) is 0 Å². The van der Waals surface area contributed by atoms with Gasteiger partial charge in [-0.1, -0.05) is 0 Å². The third-order valence-electron chi connectivity index (χ3n) is 4.63. The van der Waals surface area contributed by atoms with Crippen LogP contribution in [0.15, 0.2) is 23.3 Å². The van der Waals surface area contributed by atoms with E-state index in [2.05, 4.69) is 51.1 Å². The summed E-state index contributed by atoms with van der Waals surface area (Å²) in [6, 6.07) is 4.30. The van der Waals surface area contributed by atoms with Crippen molar-refractivity contribution in [1.29, 1.82) is 0 Å². The number of aliphatic imine (C=N–C) groups is 1. The molecule has 2 aliphatic rings. The Balaban J connectivity index is 0.00000225. The summed E-state index contributed by atoms with van der Waals surface area (Å²) in [5, 5.41) is 3.53. The first-order valence-corrected chi connectivity index (χ1v) is 9.85. The SMILES string of the molecule is CN=C(NCc1ccnc(N2CCCC2)c1)N1CCSC(C)(C)C1.I. The first kappa shape index (κ1) is 20.6. The molecule has 140 valence electrons. The molecule has 0 unspecified atom stereocenters. The van der Waals surface area contributed by atoms with Crippen molar-refractivity contribution in [3.05, 3.63) is 23.9 Å². The number of hydrogen-bond acceptors (Lipinski definition) is 4. The van der Waals surface area contributed by atoms with E-state index in [9.17, 15) is 0 Å². The van der Waals surface area contributed by atoms with Gasteiger partial charge in [0.05, 0.1) is 0 Å². The average molecular weight is 475 g/mol. The highest BCUT2D eigenvalue weighted by Gasteiger charge is 2.28. The van der Waals surface area contributed by atoms with Crippen molar-refractivity contribution in [3.63, 3.8) is 0 Å². The minimum absolute atomic E-state index is 0. The van der Waals surface area contributed by atoms with E-state index >= 15 is 0 Å². The van der Waals surface area contributed by atoms with Crippen LogP contribution in [0.25, 0.3) is 0 Å².